The summed E-state index contributed by atoms with van der Waals surface area (Å²) in [7, 11) is -2.15. The number of nitrogens with zero attached hydrogens (tertiary/aromatic N) is 8. The van der Waals surface area contributed by atoms with E-state index in [1.54, 1.807) is 0 Å². The van der Waals surface area contributed by atoms with E-state index in [0.29, 0.717) is 45.9 Å². The molecule has 0 spiro atoms. The van der Waals surface area contributed by atoms with Crippen LogP contribution in [0.3, 0.4) is 0 Å². The van der Waals surface area contributed by atoms with E-state index in [1.165, 1.54) is 77.0 Å². The molecule has 77 heavy (non-hydrogen) atoms. The van der Waals surface area contributed by atoms with Gasteiger partial charge in [-0.1, -0.05) is 213 Å². The van der Waals surface area contributed by atoms with E-state index in [4.69, 9.17) is 39.9 Å². The summed E-state index contributed by atoms with van der Waals surface area (Å²) in [4.78, 5) is 54.7. The Labute approximate surface area is 462 Å². The van der Waals surface area contributed by atoms with Crippen molar-refractivity contribution in [2.45, 2.75) is 116 Å². The summed E-state index contributed by atoms with van der Waals surface area (Å²) >= 11 is 0. The zero-order chi connectivity index (χ0) is 51.6. The molecule has 11 aromatic rings. The van der Waals surface area contributed by atoms with Gasteiger partial charge >= 0.3 is 17.4 Å². The summed E-state index contributed by atoms with van der Waals surface area (Å²) in [6.45, 7) is 6.74. The van der Waals surface area contributed by atoms with Gasteiger partial charge < -0.3 is 34.7 Å². The van der Waals surface area contributed by atoms with Crippen molar-refractivity contribution in [3.63, 3.8) is 0 Å². The van der Waals surface area contributed by atoms with E-state index < -0.39 is 8.32 Å². The van der Waals surface area contributed by atoms with Crippen LogP contribution in [0.1, 0.15) is 97.8 Å². The zero-order valence-electron chi connectivity index (χ0n) is 44.5. The predicted molar refractivity (Wildman–Crippen MR) is 322 cm³/mol. The number of fused-ring (bicyclic) bond motifs is 24. The van der Waals surface area contributed by atoms with E-state index in [2.05, 4.69) is 118 Å². The number of aromatic nitrogens is 8. The van der Waals surface area contributed by atoms with Crippen molar-refractivity contribution in [1.82, 2.24) is 39.9 Å². The maximum absolute atomic E-state index is 13.1. The molecule has 2 aliphatic rings. The second-order valence-corrected chi connectivity index (χ2v) is 24.9. The van der Waals surface area contributed by atoms with Crippen molar-refractivity contribution in [2.75, 3.05) is 0 Å². The van der Waals surface area contributed by atoms with Crippen molar-refractivity contribution in [2.24, 2.45) is 0 Å². The summed E-state index contributed by atoms with van der Waals surface area (Å²) in [5.41, 5.74) is 5.67. The molecule has 13 rings (SSSR count). The number of rotatable bonds is 15. The Balaban J connectivity index is 0.000000259. The van der Waals surface area contributed by atoms with Crippen LogP contribution in [0.4, 0.5) is 0 Å². The molecule has 2 aliphatic heterocycles. The Morgan fingerprint density at radius 2 is 0.558 bits per heavy atom. The minimum absolute atomic E-state index is 0. The molecule has 8 aromatic carbocycles. The van der Waals surface area contributed by atoms with Crippen molar-refractivity contribution in [3.8, 4) is 45.6 Å². The Hall–Kier alpha value is -7.13. The van der Waals surface area contributed by atoms with Gasteiger partial charge in [0.15, 0.2) is 0 Å². The van der Waals surface area contributed by atoms with Crippen LogP contribution in [-0.4, -0.2) is 55.6 Å². The van der Waals surface area contributed by atoms with Crippen molar-refractivity contribution < 1.29 is 4.80 Å². The van der Waals surface area contributed by atoms with Crippen LogP contribution in [0, 0.1) is 0 Å². The van der Waals surface area contributed by atoms with Crippen molar-refractivity contribution >= 4 is 113 Å². The van der Waals surface area contributed by atoms with E-state index in [0.717, 1.165) is 105 Å². The molecular weight excluding hydrogens is 976 g/mol. The predicted octanol–water partition coefficient (Wildman–Crippen LogP) is 16.4. The molecule has 0 aliphatic carbocycles. The number of unbranched alkanes of at least 4 members (excludes halogenated alkanes) is 9. The third-order valence-corrected chi connectivity index (χ3v) is 19.4. The van der Waals surface area contributed by atoms with Crippen molar-refractivity contribution in [3.05, 3.63) is 146 Å². The molecule has 0 N–H and O–H groups in total. The molecule has 0 saturated heterocycles. The maximum Gasteiger partial charge on any atom is 3.00 e. The maximum atomic E-state index is 13.1. The standard InChI is InChI=1S/C48H24N8.C18H39OSi.Al/c1-2-10-26-18-34-33(17-25(26)9-1)41-49-42(34)54-44-37-21-29-13-5-6-14-30(29)22-38(37)46(51-44)56-48-40-24-32-16-8-7-15-31(32)23-39(40)47(52-48)55-45-36-20-28-12-4-3-11-27(28)19-35(36)43(50-45)53-41;1-4-7-10-13-16-20(19,17-14-11-8-5-2)18-15-12-9-6-3;/h1-24H;4-18H2,1-3H3;/q-2;-1;+3. The topological polar surface area (TPSA) is 129 Å². The van der Waals surface area contributed by atoms with E-state index in [9.17, 15) is 4.80 Å². The van der Waals surface area contributed by atoms with Crippen LogP contribution in [0.25, 0.3) is 133 Å². The number of benzene rings is 8. The molecule has 0 amide bonds. The van der Waals surface area contributed by atoms with E-state index >= 15 is 0 Å². The summed E-state index contributed by atoms with van der Waals surface area (Å²) in [6, 6.07) is 53.6. The van der Waals surface area contributed by atoms with Gasteiger partial charge in [0, 0.05) is 44.8 Å². The van der Waals surface area contributed by atoms with Crippen LogP contribution < -0.4 is 14.8 Å². The second-order valence-electron chi connectivity index (χ2n) is 21.1. The average Bonchev–Trinajstić information content (AvgIpc) is 4.27. The quantitative estimate of drug-likeness (QED) is 0.0728. The Bertz CT molecular complexity index is 3640. The van der Waals surface area contributed by atoms with Gasteiger partial charge in [-0.25, -0.2) is 9.97 Å². The first-order valence-corrected chi connectivity index (χ1v) is 30.4. The molecule has 9 nitrogen and oxygen atoms in total. The fourth-order valence-electron chi connectivity index (χ4n) is 11.4. The van der Waals surface area contributed by atoms with Crippen LogP contribution in [0.2, 0.25) is 18.1 Å². The normalized spacial score (nSPS) is 12.1. The van der Waals surface area contributed by atoms with Crippen LogP contribution >= 0.6 is 0 Å². The van der Waals surface area contributed by atoms with Gasteiger partial charge in [-0.05, 0) is 121 Å². The van der Waals surface area contributed by atoms with Crippen LogP contribution in [0.15, 0.2) is 146 Å². The molecule has 5 heterocycles. The molecule has 0 fully saturated rings. The van der Waals surface area contributed by atoms with E-state index in [-0.39, 0.29) is 17.4 Å². The SMILES string of the molecule is CCCCCC[Si]([O-])(CCCCCC)CCCCCC.[Al+3].c1ccc2cc3c(cc2c1)-c1nc-3nc2[n-]c(nc3nc(nc4[n-]c(n1)c1cc5ccccc5cc41)-c1cc4ccccc4cc1-3)c1cc3ccccc3cc21. The second kappa shape index (κ2) is 22.8. The summed E-state index contributed by atoms with van der Waals surface area (Å²) in [5.74, 6) is 2.14. The van der Waals surface area contributed by atoms with Gasteiger partial charge in [0.25, 0.3) is 0 Å². The Morgan fingerprint density at radius 3 is 0.792 bits per heavy atom. The largest absolute Gasteiger partial charge is 3.00 e. The molecule has 3 aromatic heterocycles. The minimum Gasteiger partial charge on any atom is -0.858 e. The number of hydrogen-bond acceptors (Lipinski definition) is 7. The Kier molecular flexibility index (Phi) is 15.4. The molecule has 0 unspecified atom stereocenters. The first kappa shape index (κ1) is 51.9. The average molecular weight is 1040 g/mol. The molecule has 0 saturated carbocycles. The zero-order valence-corrected chi connectivity index (χ0v) is 46.7. The van der Waals surface area contributed by atoms with Crippen LogP contribution in [-0.2, 0) is 0 Å². The van der Waals surface area contributed by atoms with Gasteiger partial charge in [-0.15, -0.1) is 0 Å². The van der Waals surface area contributed by atoms with Gasteiger partial charge in [0.1, 0.15) is 0 Å². The van der Waals surface area contributed by atoms with Gasteiger partial charge in [-0.3, -0.25) is 0 Å². The number of hydrogen-bond donors (Lipinski definition) is 0. The fraction of sp³-hybridized carbons (Fsp3) is 0.273. The molecule has 380 valence electrons. The minimum atomic E-state index is -2.15. The van der Waals surface area contributed by atoms with Gasteiger partial charge in [0.05, 0.1) is 23.3 Å². The first-order chi connectivity index (χ1) is 37.3. The third kappa shape index (κ3) is 10.7. The summed E-state index contributed by atoms with van der Waals surface area (Å²) < 4.78 is 0. The molecule has 0 radical (unpaired) electrons. The Morgan fingerprint density at radius 1 is 0.325 bits per heavy atom. The summed E-state index contributed by atoms with van der Waals surface area (Å²) in [6.07, 6.45) is 15.3. The molecule has 11 heteroatoms. The molecule has 8 bridgehead atoms. The van der Waals surface area contributed by atoms with Gasteiger partial charge in [-0.2, -0.15) is 0 Å². The summed E-state index contributed by atoms with van der Waals surface area (Å²) in [5, 5.41) is 12.2. The monoisotopic (exact) mass is 1040 g/mol. The first-order valence-electron chi connectivity index (χ1n) is 27.9. The van der Waals surface area contributed by atoms with Crippen LogP contribution in [0.5, 0.6) is 0 Å². The third-order valence-electron chi connectivity index (χ3n) is 15.6. The fourth-order valence-corrected chi connectivity index (χ4v) is 14.8. The van der Waals surface area contributed by atoms with Crippen molar-refractivity contribution in [1.29, 1.82) is 0 Å². The molecular formula is C66H63AlN8OSi. The smallest absolute Gasteiger partial charge is 0.858 e. The van der Waals surface area contributed by atoms with Gasteiger partial charge in [0.2, 0.25) is 0 Å². The molecule has 0 atom stereocenters. The van der Waals surface area contributed by atoms with E-state index in [1.807, 2.05) is 48.5 Å².